The van der Waals surface area contributed by atoms with Gasteiger partial charge in [-0.25, -0.2) is 0 Å². The highest BCUT2D eigenvalue weighted by Crippen LogP contribution is 1.56. The van der Waals surface area contributed by atoms with Crippen molar-refractivity contribution in [3.63, 3.8) is 0 Å². The van der Waals surface area contributed by atoms with Gasteiger partial charge in [-0.3, -0.25) is 0 Å². The van der Waals surface area contributed by atoms with Crippen LogP contribution in [0.25, 0.3) is 0 Å². The zero-order valence-electron chi connectivity index (χ0n) is 7.65. The van der Waals surface area contributed by atoms with Crippen molar-refractivity contribution in [1.82, 2.24) is 0 Å². The predicted octanol–water partition coefficient (Wildman–Crippen LogP) is -0.234. The Labute approximate surface area is 91.6 Å². The van der Waals surface area contributed by atoms with Crippen molar-refractivity contribution in [2.45, 2.75) is 0 Å². The number of terminal acetylenes is 1. The molecule has 0 aliphatic carbocycles. The SMILES string of the molecule is [B]C#CC#CC#CC#CC#CC#CC#C. The van der Waals surface area contributed by atoms with E-state index in [2.05, 4.69) is 76.9 Å². The Balaban J connectivity index is 4.21. The minimum absolute atomic E-state index is 2.12. The highest BCUT2D eigenvalue weighted by Gasteiger charge is 1.56. The van der Waals surface area contributed by atoms with Gasteiger partial charge in [0.15, 0.2) is 7.85 Å². The maximum absolute atomic E-state index is 4.86. The minimum atomic E-state index is 2.12. The molecule has 2 radical (unpaired) electrons. The maximum Gasteiger partial charge on any atom is 0.189 e. The Hall–Kier alpha value is -3.02. The monoisotopic (exact) mass is 180 g/mol. The molecule has 0 saturated carbocycles. The number of hydrogen-bond donors (Lipinski definition) is 0. The third-order valence-corrected chi connectivity index (χ3v) is 0.769. The van der Waals surface area contributed by atoms with E-state index in [1.807, 2.05) is 0 Å². The molecule has 0 bridgehead atoms. The molecule has 0 saturated heterocycles. The fourth-order valence-electron chi connectivity index (χ4n) is 0.353. The maximum atomic E-state index is 4.86. The van der Waals surface area contributed by atoms with Crippen molar-refractivity contribution in [3.05, 3.63) is 0 Å². The first-order valence-corrected chi connectivity index (χ1v) is 3.58. The molecule has 0 heterocycles. The predicted molar refractivity (Wildman–Crippen MR) is 61.2 cm³/mol. The molecule has 0 fully saturated rings. The van der Waals surface area contributed by atoms with E-state index in [9.17, 15) is 0 Å². The van der Waals surface area contributed by atoms with Gasteiger partial charge in [0.25, 0.3) is 0 Å². The lowest BCUT2D eigenvalue weighted by molar-refractivity contribution is 2.34. The Kier molecular flexibility index (Phi) is 8.78. The fraction of sp³-hybridized carbons (Fsp3) is 0. The third kappa shape index (κ3) is 11.0. The van der Waals surface area contributed by atoms with Crippen LogP contribution in [0.5, 0.6) is 0 Å². The van der Waals surface area contributed by atoms with Crippen molar-refractivity contribution in [1.29, 1.82) is 0 Å². The standard InChI is InChI=1S/C14HB/c1-2-3-4-5-6-7-8-9-10-11-12-13-14-15/h1H. The summed E-state index contributed by atoms with van der Waals surface area (Å²) in [5.74, 6) is 30.8. The molecule has 60 valence electrons. The Morgan fingerprint density at radius 1 is 0.533 bits per heavy atom. The molecule has 0 aromatic heterocycles. The van der Waals surface area contributed by atoms with Gasteiger partial charge in [-0.15, -0.1) is 6.42 Å². The average Bonchev–Trinajstić information content (AvgIpc) is 2.26. The summed E-state index contributed by atoms with van der Waals surface area (Å²) in [6.07, 6.45) is 4.86. The van der Waals surface area contributed by atoms with Crippen LogP contribution in [0.1, 0.15) is 0 Å². The van der Waals surface area contributed by atoms with E-state index in [1.54, 1.807) is 0 Å². The molecule has 0 N–H and O–H groups in total. The highest BCUT2D eigenvalue weighted by atomic mass is 13.6. The quantitative estimate of drug-likeness (QED) is 0.356. The molecule has 1 heteroatoms. The lowest BCUT2D eigenvalue weighted by atomic mass is 10.2. The summed E-state index contributed by atoms with van der Waals surface area (Å²) in [6, 6.07) is 0. The summed E-state index contributed by atoms with van der Waals surface area (Å²) in [6.45, 7) is 0. The molecule has 0 aromatic rings. The van der Waals surface area contributed by atoms with Crippen LogP contribution in [0.3, 0.4) is 0 Å². The molecule has 0 aliphatic rings. The van der Waals surface area contributed by atoms with Gasteiger partial charge in [-0.1, -0.05) is 0 Å². The van der Waals surface area contributed by atoms with Crippen molar-refractivity contribution < 1.29 is 0 Å². The molecule has 15 heavy (non-hydrogen) atoms. The van der Waals surface area contributed by atoms with Crippen LogP contribution in [0.15, 0.2) is 0 Å². The molecule has 0 amide bonds. The molecule has 0 aliphatic heterocycles. The van der Waals surface area contributed by atoms with Gasteiger partial charge in [0.2, 0.25) is 0 Å². The molecule has 0 spiro atoms. The van der Waals surface area contributed by atoms with E-state index in [-0.39, 0.29) is 0 Å². The van der Waals surface area contributed by atoms with Crippen LogP contribution in [0.2, 0.25) is 0 Å². The second-order valence-electron chi connectivity index (χ2n) is 1.66. The number of rotatable bonds is 0. The van der Waals surface area contributed by atoms with Crippen molar-refractivity contribution in [2.75, 3.05) is 0 Å². The first-order chi connectivity index (χ1) is 7.41. The molecule has 0 atom stereocenters. The van der Waals surface area contributed by atoms with Gasteiger partial charge in [-0.2, -0.15) is 5.82 Å². The van der Waals surface area contributed by atoms with Gasteiger partial charge in [-0.05, 0) is 71.0 Å². The summed E-state index contributed by atoms with van der Waals surface area (Å²) < 4.78 is 0. The minimum Gasteiger partial charge on any atom is -0.158 e. The van der Waals surface area contributed by atoms with Crippen LogP contribution >= 0.6 is 0 Å². The summed E-state index contributed by atoms with van der Waals surface area (Å²) in [7, 11) is 4.86. The molecular weight excluding hydrogens is 179 g/mol. The Morgan fingerprint density at radius 3 is 1.20 bits per heavy atom. The Morgan fingerprint density at radius 2 is 0.867 bits per heavy atom. The topological polar surface area (TPSA) is 0 Å². The fourth-order valence-corrected chi connectivity index (χ4v) is 0.353. The number of hydrogen-bond acceptors (Lipinski definition) is 0. The molecule has 0 rings (SSSR count). The van der Waals surface area contributed by atoms with Crippen LogP contribution < -0.4 is 0 Å². The summed E-state index contributed by atoms with van der Waals surface area (Å²) in [5, 5.41) is 0. The molecule has 0 nitrogen and oxygen atoms in total. The summed E-state index contributed by atoms with van der Waals surface area (Å²) >= 11 is 0. The van der Waals surface area contributed by atoms with Crippen LogP contribution in [0.4, 0.5) is 0 Å². The van der Waals surface area contributed by atoms with Crippen LogP contribution in [-0.4, -0.2) is 7.85 Å². The van der Waals surface area contributed by atoms with E-state index in [4.69, 9.17) is 14.3 Å². The lowest BCUT2D eigenvalue weighted by Crippen LogP contribution is -1.55. The van der Waals surface area contributed by atoms with Gasteiger partial charge >= 0.3 is 0 Å². The largest absolute Gasteiger partial charge is 0.189 e. The van der Waals surface area contributed by atoms with E-state index >= 15 is 0 Å². The molecule has 0 aromatic carbocycles. The van der Waals surface area contributed by atoms with Gasteiger partial charge in [0.05, 0.1) is 0 Å². The molecule has 0 unspecified atom stereocenters. The second-order valence-corrected chi connectivity index (χ2v) is 1.66. The zero-order chi connectivity index (χ0) is 11.2. The van der Waals surface area contributed by atoms with E-state index < -0.39 is 0 Å². The summed E-state index contributed by atoms with van der Waals surface area (Å²) in [4.78, 5) is 0. The van der Waals surface area contributed by atoms with Gasteiger partial charge in [0, 0.05) is 0 Å². The highest BCUT2D eigenvalue weighted by molar-refractivity contribution is 6.22. The van der Waals surface area contributed by atoms with Crippen molar-refractivity contribution in [3.8, 4) is 83.3 Å². The van der Waals surface area contributed by atoms with Crippen molar-refractivity contribution >= 4 is 7.85 Å². The average molecular weight is 180 g/mol. The van der Waals surface area contributed by atoms with Gasteiger partial charge < -0.3 is 0 Å². The molecular formula is C14HB. The van der Waals surface area contributed by atoms with E-state index in [0.29, 0.717) is 0 Å². The zero-order valence-corrected chi connectivity index (χ0v) is 7.65. The summed E-state index contributed by atoms with van der Waals surface area (Å²) in [5.41, 5.74) is 0. The van der Waals surface area contributed by atoms with Crippen LogP contribution in [0, 0.1) is 83.3 Å². The first-order valence-electron chi connectivity index (χ1n) is 3.58. The third-order valence-electron chi connectivity index (χ3n) is 0.769. The van der Waals surface area contributed by atoms with Crippen LogP contribution in [-0.2, 0) is 0 Å². The first kappa shape index (κ1) is 12.0. The van der Waals surface area contributed by atoms with E-state index in [0.717, 1.165) is 0 Å². The van der Waals surface area contributed by atoms with E-state index in [1.165, 1.54) is 0 Å². The Bertz CT molecular complexity index is 619. The normalized spacial score (nSPS) is 3.67. The lowest BCUT2D eigenvalue weighted by Gasteiger charge is -1.55. The smallest absolute Gasteiger partial charge is 0.158 e. The second kappa shape index (κ2) is 11.0. The van der Waals surface area contributed by atoms with Gasteiger partial charge in [0.1, 0.15) is 0 Å². The van der Waals surface area contributed by atoms with Crippen molar-refractivity contribution in [2.24, 2.45) is 0 Å².